The number of sulfonamides is 1. The minimum Gasteiger partial charge on any atom is -0.326 e. The van der Waals surface area contributed by atoms with Gasteiger partial charge in [0.05, 0.1) is 4.90 Å². The van der Waals surface area contributed by atoms with Crippen LogP contribution in [0.15, 0.2) is 53.4 Å². The first-order valence-corrected chi connectivity index (χ1v) is 10.6. The second kappa shape index (κ2) is 8.63. The molecule has 0 aliphatic heterocycles. The van der Waals surface area contributed by atoms with E-state index < -0.39 is 15.8 Å². The van der Waals surface area contributed by atoms with Gasteiger partial charge < -0.3 is 5.32 Å². The average molecular weight is 390 g/mol. The van der Waals surface area contributed by atoms with E-state index in [1.54, 1.807) is 30.3 Å². The van der Waals surface area contributed by atoms with Crippen molar-refractivity contribution in [2.45, 2.75) is 49.5 Å². The summed E-state index contributed by atoms with van der Waals surface area (Å²) in [6, 6.07) is 12.3. The van der Waals surface area contributed by atoms with Gasteiger partial charge in [-0.3, -0.25) is 4.79 Å². The molecule has 27 heavy (non-hydrogen) atoms. The minimum atomic E-state index is -3.50. The van der Waals surface area contributed by atoms with Crippen LogP contribution in [0.5, 0.6) is 0 Å². The van der Waals surface area contributed by atoms with Crippen LogP contribution in [-0.2, 0) is 21.2 Å². The summed E-state index contributed by atoms with van der Waals surface area (Å²) >= 11 is 0. The molecule has 144 valence electrons. The van der Waals surface area contributed by atoms with Gasteiger partial charge in [0, 0.05) is 18.2 Å². The van der Waals surface area contributed by atoms with Gasteiger partial charge in [-0.05, 0) is 55.2 Å². The zero-order valence-corrected chi connectivity index (χ0v) is 15.8. The molecule has 0 unspecified atom stereocenters. The SMILES string of the molecule is O=C(CCc1ccc(S(=O)(=O)NC2CCCC2)cc1)Nc1cccc(F)c1. The lowest BCUT2D eigenvalue weighted by Crippen LogP contribution is -2.32. The second-order valence-corrected chi connectivity index (χ2v) is 8.52. The maximum Gasteiger partial charge on any atom is 0.240 e. The fraction of sp³-hybridized carbons (Fsp3) is 0.350. The Hall–Kier alpha value is -2.25. The van der Waals surface area contributed by atoms with Crippen LogP contribution >= 0.6 is 0 Å². The average Bonchev–Trinajstić information content (AvgIpc) is 3.13. The van der Waals surface area contributed by atoms with Crippen LogP contribution in [0.3, 0.4) is 0 Å². The molecule has 1 aliphatic carbocycles. The topological polar surface area (TPSA) is 75.3 Å². The summed E-state index contributed by atoms with van der Waals surface area (Å²) in [6.07, 6.45) is 4.59. The van der Waals surface area contributed by atoms with E-state index in [0.29, 0.717) is 12.1 Å². The van der Waals surface area contributed by atoms with Crippen LogP contribution in [-0.4, -0.2) is 20.4 Å². The van der Waals surface area contributed by atoms with E-state index in [0.717, 1.165) is 31.2 Å². The molecule has 1 saturated carbocycles. The van der Waals surface area contributed by atoms with Crippen LogP contribution in [0.4, 0.5) is 10.1 Å². The molecule has 0 spiro atoms. The first-order valence-electron chi connectivity index (χ1n) is 9.09. The van der Waals surface area contributed by atoms with Gasteiger partial charge >= 0.3 is 0 Å². The molecule has 0 atom stereocenters. The fourth-order valence-electron chi connectivity index (χ4n) is 3.21. The van der Waals surface area contributed by atoms with Crippen LogP contribution in [0.2, 0.25) is 0 Å². The maximum absolute atomic E-state index is 13.1. The Morgan fingerprint density at radius 2 is 1.78 bits per heavy atom. The van der Waals surface area contributed by atoms with E-state index >= 15 is 0 Å². The molecule has 0 aromatic heterocycles. The highest BCUT2D eigenvalue weighted by molar-refractivity contribution is 7.89. The molecular formula is C20H23FN2O3S. The molecule has 2 aromatic carbocycles. The molecule has 2 N–H and O–H groups in total. The lowest BCUT2D eigenvalue weighted by Gasteiger charge is -2.13. The Bertz CT molecular complexity index is 892. The molecule has 0 radical (unpaired) electrons. The van der Waals surface area contributed by atoms with Crippen molar-refractivity contribution < 1.29 is 17.6 Å². The van der Waals surface area contributed by atoms with Crippen molar-refractivity contribution in [3.8, 4) is 0 Å². The quantitative estimate of drug-likeness (QED) is 0.758. The Morgan fingerprint density at radius 3 is 2.44 bits per heavy atom. The summed E-state index contributed by atoms with van der Waals surface area (Å²) in [5, 5.41) is 2.64. The molecule has 7 heteroatoms. The highest BCUT2D eigenvalue weighted by Crippen LogP contribution is 2.21. The van der Waals surface area contributed by atoms with Crippen LogP contribution in [0.25, 0.3) is 0 Å². The van der Waals surface area contributed by atoms with Gasteiger partial charge in [0.2, 0.25) is 15.9 Å². The highest BCUT2D eigenvalue weighted by atomic mass is 32.2. The monoisotopic (exact) mass is 390 g/mol. The number of nitrogens with one attached hydrogen (secondary N) is 2. The van der Waals surface area contributed by atoms with E-state index in [9.17, 15) is 17.6 Å². The van der Waals surface area contributed by atoms with E-state index in [2.05, 4.69) is 10.0 Å². The first-order chi connectivity index (χ1) is 12.9. The van der Waals surface area contributed by atoms with Crippen molar-refractivity contribution in [1.29, 1.82) is 0 Å². The first kappa shape index (κ1) is 19.5. The minimum absolute atomic E-state index is 0.0289. The number of carbonyl (C=O) groups is 1. The molecule has 0 bridgehead atoms. The summed E-state index contributed by atoms with van der Waals surface area (Å²) in [4.78, 5) is 12.2. The largest absolute Gasteiger partial charge is 0.326 e. The van der Waals surface area contributed by atoms with Crippen LogP contribution in [0, 0.1) is 5.82 Å². The normalized spacial score (nSPS) is 15.0. The van der Waals surface area contributed by atoms with E-state index in [4.69, 9.17) is 0 Å². The molecule has 5 nitrogen and oxygen atoms in total. The maximum atomic E-state index is 13.1. The third kappa shape index (κ3) is 5.61. The van der Waals surface area contributed by atoms with Crippen molar-refractivity contribution >= 4 is 21.6 Å². The lowest BCUT2D eigenvalue weighted by molar-refractivity contribution is -0.116. The van der Waals surface area contributed by atoms with Crippen molar-refractivity contribution in [2.75, 3.05) is 5.32 Å². The van der Waals surface area contributed by atoms with Gasteiger partial charge in [-0.2, -0.15) is 0 Å². The van der Waals surface area contributed by atoms with Gasteiger partial charge in [0.25, 0.3) is 0 Å². The number of carbonyl (C=O) groups excluding carboxylic acids is 1. The second-order valence-electron chi connectivity index (χ2n) is 6.81. The standard InChI is InChI=1S/C20H23FN2O3S/c21-16-4-3-7-18(14-16)22-20(24)13-10-15-8-11-19(12-9-15)27(25,26)23-17-5-1-2-6-17/h3-4,7-9,11-12,14,17,23H,1-2,5-6,10,13H2,(H,22,24). The summed E-state index contributed by atoms with van der Waals surface area (Å²) in [7, 11) is -3.50. The van der Waals surface area contributed by atoms with Crippen LogP contribution < -0.4 is 10.0 Å². The van der Waals surface area contributed by atoms with Crippen molar-refractivity contribution in [1.82, 2.24) is 4.72 Å². The van der Waals surface area contributed by atoms with Gasteiger partial charge in [-0.25, -0.2) is 17.5 Å². The predicted octanol–water partition coefficient (Wildman–Crippen LogP) is 3.62. The molecule has 1 amide bonds. The molecule has 0 saturated heterocycles. The van der Waals surface area contributed by atoms with Crippen molar-refractivity contribution in [3.05, 3.63) is 59.9 Å². The fourth-order valence-corrected chi connectivity index (χ4v) is 4.52. The molecule has 1 fully saturated rings. The Balaban J connectivity index is 1.53. The van der Waals surface area contributed by atoms with Gasteiger partial charge in [-0.15, -0.1) is 0 Å². The summed E-state index contributed by atoms with van der Waals surface area (Å²) in [5.74, 6) is -0.629. The number of benzene rings is 2. The summed E-state index contributed by atoms with van der Waals surface area (Å²) < 4.78 is 40.7. The van der Waals surface area contributed by atoms with E-state index in [1.807, 2.05) is 0 Å². The number of hydrogen-bond donors (Lipinski definition) is 2. The Morgan fingerprint density at radius 1 is 1.07 bits per heavy atom. The highest BCUT2D eigenvalue weighted by Gasteiger charge is 2.22. The number of amides is 1. The van der Waals surface area contributed by atoms with Gasteiger partial charge in [0.15, 0.2) is 0 Å². The number of hydrogen-bond acceptors (Lipinski definition) is 3. The Kier molecular flexibility index (Phi) is 6.23. The zero-order chi connectivity index (χ0) is 19.3. The number of halogens is 1. The third-order valence-electron chi connectivity index (χ3n) is 4.66. The molecular weight excluding hydrogens is 367 g/mol. The number of rotatable bonds is 7. The summed E-state index contributed by atoms with van der Waals surface area (Å²) in [5.41, 5.74) is 1.28. The predicted molar refractivity (Wildman–Crippen MR) is 102 cm³/mol. The zero-order valence-electron chi connectivity index (χ0n) is 14.9. The molecule has 2 aromatic rings. The molecule has 0 heterocycles. The van der Waals surface area contributed by atoms with Crippen molar-refractivity contribution in [2.24, 2.45) is 0 Å². The van der Waals surface area contributed by atoms with E-state index in [1.165, 1.54) is 18.2 Å². The van der Waals surface area contributed by atoms with Gasteiger partial charge in [-0.1, -0.05) is 31.0 Å². The van der Waals surface area contributed by atoms with Gasteiger partial charge in [0.1, 0.15) is 5.82 Å². The molecule has 1 aliphatic rings. The van der Waals surface area contributed by atoms with E-state index in [-0.39, 0.29) is 23.3 Å². The number of aryl methyl sites for hydroxylation is 1. The summed E-state index contributed by atoms with van der Waals surface area (Å²) in [6.45, 7) is 0. The van der Waals surface area contributed by atoms with Crippen molar-refractivity contribution in [3.63, 3.8) is 0 Å². The Labute approximate surface area is 159 Å². The lowest BCUT2D eigenvalue weighted by atomic mass is 10.1. The third-order valence-corrected chi connectivity index (χ3v) is 6.20. The number of anilines is 1. The van der Waals surface area contributed by atoms with Crippen LogP contribution in [0.1, 0.15) is 37.7 Å². The smallest absolute Gasteiger partial charge is 0.240 e. The molecule has 3 rings (SSSR count).